The van der Waals surface area contributed by atoms with Crippen molar-refractivity contribution in [2.24, 2.45) is 0 Å². The van der Waals surface area contributed by atoms with Crippen LogP contribution in [-0.2, 0) is 6.42 Å². The van der Waals surface area contributed by atoms with E-state index in [4.69, 9.17) is 16.3 Å². The lowest BCUT2D eigenvalue weighted by molar-refractivity contribution is 0.401. The summed E-state index contributed by atoms with van der Waals surface area (Å²) in [4.78, 5) is 0. The van der Waals surface area contributed by atoms with Crippen molar-refractivity contribution < 1.29 is 9.13 Å². The summed E-state index contributed by atoms with van der Waals surface area (Å²) >= 11 is 6.12. The van der Waals surface area contributed by atoms with Crippen LogP contribution in [0.2, 0.25) is 5.02 Å². The van der Waals surface area contributed by atoms with Crippen LogP contribution in [0.3, 0.4) is 0 Å². The molecule has 1 N–H and O–H groups in total. The third-order valence-electron chi connectivity index (χ3n) is 3.55. The van der Waals surface area contributed by atoms with Crippen molar-refractivity contribution in [3.63, 3.8) is 0 Å². The second-order valence-electron chi connectivity index (χ2n) is 5.03. The fourth-order valence-corrected chi connectivity index (χ4v) is 2.63. The van der Waals surface area contributed by atoms with E-state index in [0.717, 1.165) is 22.4 Å². The molecule has 0 spiro atoms. The first-order valence-electron chi connectivity index (χ1n) is 6.81. The van der Waals surface area contributed by atoms with Gasteiger partial charge in [0.2, 0.25) is 0 Å². The van der Waals surface area contributed by atoms with E-state index in [1.165, 1.54) is 12.1 Å². The van der Waals surface area contributed by atoms with E-state index in [9.17, 15) is 4.39 Å². The van der Waals surface area contributed by atoms with Crippen LogP contribution in [0, 0.1) is 12.7 Å². The molecular weight excluding hydrogens is 289 g/mol. The van der Waals surface area contributed by atoms with Gasteiger partial charge in [0.1, 0.15) is 11.6 Å². The van der Waals surface area contributed by atoms with Crippen LogP contribution in [0.1, 0.15) is 22.7 Å². The molecule has 4 heteroatoms. The molecule has 0 bridgehead atoms. The summed E-state index contributed by atoms with van der Waals surface area (Å²) in [6.07, 6.45) is 0.662. The van der Waals surface area contributed by atoms with Crippen molar-refractivity contribution in [2.45, 2.75) is 19.4 Å². The summed E-state index contributed by atoms with van der Waals surface area (Å²) in [7, 11) is 3.55. The lowest BCUT2D eigenvalue weighted by Gasteiger charge is -2.20. The highest BCUT2D eigenvalue weighted by molar-refractivity contribution is 6.31. The Morgan fingerprint density at radius 3 is 2.62 bits per heavy atom. The maximum atomic E-state index is 13.1. The Hall–Kier alpha value is -1.58. The van der Waals surface area contributed by atoms with E-state index in [2.05, 4.69) is 11.4 Å². The molecule has 0 saturated carbocycles. The molecule has 0 heterocycles. The molecule has 2 aromatic rings. The molecule has 112 valence electrons. The van der Waals surface area contributed by atoms with Gasteiger partial charge in [-0.05, 0) is 49.7 Å². The van der Waals surface area contributed by atoms with Crippen LogP contribution in [-0.4, -0.2) is 14.2 Å². The van der Waals surface area contributed by atoms with Gasteiger partial charge in [-0.1, -0.05) is 29.8 Å². The molecule has 2 nitrogen and oxygen atoms in total. The minimum Gasteiger partial charge on any atom is -0.496 e. The average molecular weight is 308 g/mol. The average Bonchev–Trinajstić information content (AvgIpc) is 2.47. The van der Waals surface area contributed by atoms with Crippen LogP contribution in [0.25, 0.3) is 0 Å². The molecule has 0 aliphatic rings. The lowest BCUT2D eigenvalue weighted by atomic mass is 9.97. The Morgan fingerprint density at radius 2 is 2.00 bits per heavy atom. The fourth-order valence-electron chi connectivity index (χ4n) is 2.38. The molecule has 21 heavy (non-hydrogen) atoms. The molecule has 0 fully saturated rings. The fraction of sp³-hybridized carbons (Fsp3) is 0.294. The third kappa shape index (κ3) is 3.74. The smallest absolute Gasteiger partial charge is 0.124 e. The zero-order valence-corrected chi connectivity index (χ0v) is 13.2. The molecule has 2 aromatic carbocycles. The Morgan fingerprint density at radius 1 is 1.24 bits per heavy atom. The number of methoxy groups -OCH3 is 1. The van der Waals surface area contributed by atoms with Gasteiger partial charge in [0.25, 0.3) is 0 Å². The quantitative estimate of drug-likeness (QED) is 0.889. The predicted molar refractivity (Wildman–Crippen MR) is 84.6 cm³/mol. The highest BCUT2D eigenvalue weighted by atomic mass is 35.5. The summed E-state index contributed by atoms with van der Waals surface area (Å²) in [6.45, 7) is 2.03. The van der Waals surface area contributed by atoms with Crippen molar-refractivity contribution in [3.05, 3.63) is 63.9 Å². The van der Waals surface area contributed by atoms with Gasteiger partial charge >= 0.3 is 0 Å². The zero-order valence-electron chi connectivity index (χ0n) is 12.4. The molecule has 0 aliphatic heterocycles. The highest BCUT2D eigenvalue weighted by Crippen LogP contribution is 2.30. The first-order valence-corrected chi connectivity index (χ1v) is 7.18. The summed E-state index contributed by atoms with van der Waals surface area (Å²) in [6, 6.07) is 10.6. The van der Waals surface area contributed by atoms with Crippen molar-refractivity contribution in [1.82, 2.24) is 5.32 Å². The van der Waals surface area contributed by atoms with Gasteiger partial charge in [0.15, 0.2) is 0 Å². The SMILES string of the molecule is CNC(Cc1ccc(F)cc1Cl)c1ccc(C)cc1OC. The Bertz CT molecular complexity index is 630. The summed E-state index contributed by atoms with van der Waals surface area (Å²) < 4.78 is 18.6. The van der Waals surface area contributed by atoms with Crippen molar-refractivity contribution >= 4 is 11.6 Å². The first-order chi connectivity index (χ1) is 10.0. The molecule has 0 amide bonds. The van der Waals surface area contributed by atoms with Gasteiger partial charge < -0.3 is 10.1 Å². The van der Waals surface area contributed by atoms with E-state index >= 15 is 0 Å². The summed E-state index contributed by atoms with van der Waals surface area (Å²) in [5.41, 5.74) is 3.11. The monoisotopic (exact) mass is 307 g/mol. The van der Waals surface area contributed by atoms with E-state index in [0.29, 0.717) is 11.4 Å². The summed E-state index contributed by atoms with van der Waals surface area (Å²) in [5, 5.41) is 3.72. The van der Waals surface area contributed by atoms with Crippen molar-refractivity contribution in [1.29, 1.82) is 0 Å². The lowest BCUT2D eigenvalue weighted by Crippen LogP contribution is -2.19. The highest BCUT2D eigenvalue weighted by Gasteiger charge is 2.16. The van der Waals surface area contributed by atoms with Gasteiger partial charge in [-0.15, -0.1) is 0 Å². The Kier molecular flexibility index (Phi) is 5.21. The van der Waals surface area contributed by atoms with Crippen molar-refractivity contribution in [3.8, 4) is 5.75 Å². The number of halogens is 2. The molecular formula is C17H19ClFNO. The van der Waals surface area contributed by atoms with Crippen molar-refractivity contribution in [2.75, 3.05) is 14.2 Å². The van der Waals surface area contributed by atoms with E-state index in [-0.39, 0.29) is 11.9 Å². The van der Waals surface area contributed by atoms with E-state index in [1.807, 2.05) is 26.1 Å². The standard InChI is InChI=1S/C17H19ClFNO/c1-11-4-7-14(17(8-11)21-3)16(20-2)9-12-5-6-13(19)10-15(12)18/h4-8,10,16,20H,9H2,1-3H3. The number of ether oxygens (including phenoxy) is 1. The van der Waals surface area contributed by atoms with Crippen LogP contribution < -0.4 is 10.1 Å². The number of benzene rings is 2. The normalized spacial score (nSPS) is 12.2. The topological polar surface area (TPSA) is 21.3 Å². The predicted octanol–water partition coefficient (Wildman–Crippen LogP) is 4.30. The van der Waals surface area contributed by atoms with Gasteiger partial charge in [0.05, 0.1) is 7.11 Å². The number of hydrogen-bond donors (Lipinski definition) is 1. The van der Waals surface area contributed by atoms with E-state index < -0.39 is 0 Å². The van der Waals surface area contributed by atoms with Gasteiger partial charge in [-0.2, -0.15) is 0 Å². The molecule has 1 atom stereocenters. The van der Waals surface area contributed by atoms with Crippen LogP contribution in [0.5, 0.6) is 5.75 Å². The molecule has 0 radical (unpaired) electrons. The first kappa shape index (κ1) is 15.8. The number of likely N-dealkylation sites (N-methyl/N-ethyl adjacent to an activating group) is 1. The molecule has 1 unspecified atom stereocenters. The van der Waals surface area contributed by atoms with Gasteiger partial charge in [-0.25, -0.2) is 4.39 Å². The number of hydrogen-bond acceptors (Lipinski definition) is 2. The largest absolute Gasteiger partial charge is 0.496 e. The minimum absolute atomic E-state index is 0.0449. The maximum Gasteiger partial charge on any atom is 0.124 e. The van der Waals surface area contributed by atoms with Crippen LogP contribution in [0.15, 0.2) is 36.4 Å². The summed E-state index contributed by atoms with van der Waals surface area (Å²) in [5.74, 6) is 0.519. The molecule has 0 saturated heterocycles. The van der Waals surface area contributed by atoms with Gasteiger partial charge in [0, 0.05) is 16.6 Å². The Balaban J connectivity index is 2.32. The molecule has 0 aromatic heterocycles. The van der Waals surface area contributed by atoms with Gasteiger partial charge in [-0.3, -0.25) is 0 Å². The maximum absolute atomic E-state index is 13.1. The third-order valence-corrected chi connectivity index (χ3v) is 3.90. The van der Waals surface area contributed by atoms with Crippen LogP contribution >= 0.6 is 11.6 Å². The number of rotatable bonds is 5. The molecule has 0 aliphatic carbocycles. The second-order valence-corrected chi connectivity index (χ2v) is 5.43. The minimum atomic E-state index is -0.322. The van der Waals surface area contributed by atoms with E-state index in [1.54, 1.807) is 13.2 Å². The second kappa shape index (κ2) is 6.92. The molecule has 2 rings (SSSR count). The Labute approximate surface area is 129 Å². The number of aryl methyl sites for hydroxylation is 1. The number of nitrogens with one attached hydrogen (secondary N) is 1. The van der Waals surface area contributed by atoms with Crippen LogP contribution in [0.4, 0.5) is 4.39 Å². The zero-order chi connectivity index (χ0) is 15.4.